The number of nitrogens with zero attached hydrogens (tertiary/aromatic N) is 5. The molecule has 4 aliphatic heterocycles. The summed E-state index contributed by atoms with van der Waals surface area (Å²) in [5, 5.41) is 1.27. The maximum absolute atomic E-state index is 17.4. The average molecular weight is 790 g/mol. The minimum atomic E-state index is -2.73. The van der Waals surface area contributed by atoms with E-state index >= 15 is 8.78 Å². The van der Waals surface area contributed by atoms with Crippen molar-refractivity contribution in [2.45, 2.75) is 87.5 Å². The van der Waals surface area contributed by atoms with Crippen LogP contribution >= 0.6 is 0 Å². The second kappa shape index (κ2) is 14.6. The Morgan fingerprint density at radius 3 is 2.47 bits per heavy atom. The van der Waals surface area contributed by atoms with Crippen molar-refractivity contribution in [1.29, 1.82) is 0 Å². The van der Waals surface area contributed by atoms with Crippen LogP contribution in [-0.4, -0.2) is 102 Å². The van der Waals surface area contributed by atoms with E-state index in [0.717, 1.165) is 32.2 Å². The van der Waals surface area contributed by atoms with Crippen LogP contribution in [0.2, 0.25) is 0 Å². The highest BCUT2D eigenvalue weighted by Gasteiger charge is 2.50. The lowest BCUT2D eigenvalue weighted by molar-refractivity contribution is -0.143. The molecule has 1 amide bonds. The zero-order chi connectivity index (χ0) is 39.6. The van der Waals surface area contributed by atoms with E-state index < -0.39 is 35.2 Å². The SMILES string of the molecule is C#Cc1c(F)ccc2cc(OCOC)cc(-c3ccc4c(N5CC6CCC(C5)N6C(=O)C5CCC(F)(F)CC5)nc(OC[C@@]56CCCN5C[C@H](F)C6)nc4c3F)c12. The van der Waals surface area contributed by atoms with Gasteiger partial charge in [0.25, 0.3) is 0 Å². The topological polar surface area (TPSA) is 80.3 Å². The summed E-state index contributed by atoms with van der Waals surface area (Å²) in [5.74, 6) is -1.36. The van der Waals surface area contributed by atoms with E-state index in [4.69, 9.17) is 25.6 Å². The molecule has 9 nitrogen and oxygen atoms in total. The molecule has 1 saturated carbocycles. The van der Waals surface area contributed by atoms with Gasteiger partial charge in [-0.2, -0.15) is 9.97 Å². The van der Waals surface area contributed by atoms with Crippen molar-refractivity contribution in [3.05, 3.63) is 53.6 Å². The lowest BCUT2D eigenvalue weighted by Crippen LogP contribution is -2.57. The van der Waals surface area contributed by atoms with Gasteiger partial charge in [0, 0.05) is 80.3 Å². The summed E-state index contributed by atoms with van der Waals surface area (Å²) in [6.45, 7) is 1.95. The first-order valence-corrected chi connectivity index (χ1v) is 19.8. The highest BCUT2D eigenvalue weighted by atomic mass is 19.3. The highest BCUT2D eigenvalue weighted by Crippen LogP contribution is 2.44. The quantitative estimate of drug-likeness (QED) is 0.0973. The summed E-state index contributed by atoms with van der Waals surface area (Å²) < 4.78 is 92.4. The molecule has 9 rings (SSSR count). The number of aromatic nitrogens is 2. The van der Waals surface area contributed by atoms with Gasteiger partial charge in [-0.3, -0.25) is 9.69 Å². The van der Waals surface area contributed by atoms with Gasteiger partial charge in [0.05, 0.1) is 11.1 Å². The molecule has 300 valence electrons. The first kappa shape index (κ1) is 37.8. The van der Waals surface area contributed by atoms with Crippen LogP contribution in [0.25, 0.3) is 32.8 Å². The highest BCUT2D eigenvalue weighted by molar-refractivity contribution is 6.04. The monoisotopic (exact) mass is 789 g/mol. The van der Waals surface area contributed by atoms with E-state index in [0.29, 0.717) is 59.3 Å². The van der Waals surface area contributed by atoms with Crippen molar-refractivity contribution >= 4 is 33.4 Å². The van der Waals surface area contributed by atoms with Gasteiger partial charge < -0.3 is 24.0 Å². The Labute approximate surface area is 327 Å². The number of anilines is 1. The third-order valence-electron chi connectivity index (χ3n) is 12.9. The molecular formula is C43H44F5N5O4. The van der Waals surface area contributed by atoms with Crippen molar-refractivity contribution in [1.82, 2.24) is 19.8 Å². The van der Waals surface area contributed by atoms with Gasteiger partial charge in [-0.1, -0.05) is 18.1 Å². The molecule has 1 aliphatic carbocycles. The minimum Gasteiger partial charge on any atom is -0.468 e. The number of ether oxygens (including phenoxy) is 3. The molecule has 57 heavy (non-hydrogen) atoms. The number of fused-ring (bicyclic) bond motifs is 5. The van der Waals surface area contributed by atoms with Gasteiger partial charge >= 0.3 is 6.01 Å². The molecule has 14 heteroatoms. The second-order valence-corrected chi connectivity index (χ2v) is 16.4. The summed E-state index contributed by atoms with van der Waals surface area (Å²) in [6.07, 6.45) is 8.08. The second-order valence-electron chi connectivity index (χ2n) is 16.4. The predicted molar refractivity (Wildman–Crippen MR) is 204 cm³/mol. The molecule has 4 saturated heterocycles. The largest absolute Gasteiger partial charge is 0.468 e. The Kier molecular flexibility index (Phi) is 9.67. The van der Waals surface area contributed by atoms with E-state index in [1.54, 1.807) is 30.3 Å². The first-order valence-electron chi connectivity index (χ1n) is 19.8. The van der Waals surface area contributed by atoms with Crippen LogP contribution in [0.5, 0.6) is 11.8 Å². The lowest BCUT2D eigenvalue weighted by Gasteiger charge is -2.44. The first-order chi connectivity index (χ1) is 27.5. The van der Waals surface area contributed by atoms with E-state index in [1.165, 1.54) is 13.2 Å². The van der Waals surface area contributed by atoms with Crippen molar-refractivity contribution in [2.75, 3.05) is 51.6 Å². The number of amides is 1. The van der Waals surface area contributed by atoms with Gasteiger partial charge in [0.1, 0.15) is 35.7 Å². The number of benzene rings is 3. The maximum atomic E-state index is 17.4. The predicted octanol–water partition coefficient (Wildman–Crippen LogP) is 7.65. The Balaban J connectivity index is 1.12. The molecule has 5 fully saturated rings. The number of halogens is 5. The fourth-order valence-electron chi connectivity index (χ4n) is 10.2. The van der Waals surface area contributed by atoms with Gasteiger partial charge in [0.2, 0.25) is 11.8 Å². The lowest BCUT2D eigenvalue weighted by atomic mass is 9.85. The van der Waals surface area contributed by atoms with E-state index in [9.17, 15) is 18.0 Å². The Bertz CT molecular complexity index is 2260. The molecule has 4 aromatic rings. The molecule has 1 aromatic heterocycles. The molecule has 0 N–H and O–H groups in total. The summed E-state index contributed by atoms with van der Waals surface area (Å²) in [7, 11) is 1.48. The molecular weight excluding hydrogens is 745 g/mol. The number of alkyl halides is 3. The van der Waals surface area contributed by atoms with Gasteiger partial charge in [0.15, 0.2) is 12.6 Å². The van der Waals surface area contributed by atoms with Crippen molar-refractivity contribution in [2.24, 2.45) is 5.92 Å². The molecule has 5 heterocycles. The van der Waals surface area contributed by atoms with E-state index in [-0.39, 0.29) is 79.7 Å². The van der Waals surface area contributed by atoms with Crippen molar-refractivity contribution in [3.8, 4) is 35.2 Å². The number of carbonyl (C=O) groups is 1. The molecule has 5 aliphatic rings. The molecule has 0 spiro atoms. The molecule has 4 atom stereocenters. The number of piperazine rings is 1. The summed E-state index contributed by atoms with van der Waals surface area (Å²) in [6, 6.07) is 8.98. The number of terminal acetylenes is 1. The van der Waals surface area contributed by atoms with Crippen molar-refractivity contribution in [3.63, 3.8) is 0 Å². The van der Waals surface area contributed by atoms with Gasteiger partial charge in [-0.25, -0.2) is 22.0 Å². The normalized spacial score (nSPS) is 25.9. The van der Waals surface area contributed by atoms with Crippen LogP contribution in [0.3, 0.4) is 0 Å². The van der Waals surface area contributed by atoms with Gasteiger partial charge in [-0.05, 0) is 80.3 Å². The molecule has 2 unspecified atom stereocenters. The van der Waals surface area contributed by atoms with Crippen LogP contribution in [-0.2, 0) is 9.53 Å². The summed E-state index contributed by atoms with van der Waals surface area (Å²) >= 11 is 0. The van der Waals surface area contributed by atoms with E-state index in [1.807, 2.05) is 9.80 Å². The molecule has 2 bridgehead atoms. The van der Waals surface area contributed by atoms with Crippen LogP contribution < -0.4 is 14.4 Å². The van der Waals surface area contributed by atoms with Crippen LogP contribution in [0, 0.1) is 29.9 Å². The average Bonchev–Trinajstić information content (AvgIpc) is 3.82. The third-order valence-corrected chi connectivity index (χ3v) is 12.9. The number of hydrogen-bond acceptors (Lipinski definition) is 8. The summed E-state index contributed by atoms with van der Waals surface area (Å²) in [4.78, 5) is 29.4. The fourth-order valence-corrected chi connectivity index (χ4v) is 10.2. The van der Waals surface area contributed by atoms with Crippen molar-refractivity contribution < 1.29 is 41.0 Å². The van der Waals surface area contributed by atoms with Crippen LogP contribution in [0.4, 0.5) is 27.8 Å². The maximum Gasteiger partial charge on any atom is 0.319 e. The van der Waals surface area contributed by atoms with Gasteiger partial charge in [-0.15, -0.1) is 6.42 Å². The fraction of sp³-hybridized carbons (Fsp3) is 0.512. The number of hydrogen-bond donors (Lipinski definition) is 0. The minimum absolute atomic E-state index is 0.0272. The number of carbonyl (C=O) groups excluding carboxylic acids is 1. The zero-order valence-corrected chi connectivity index (χ0v) is 31.7. The third kappa shape index (κ3) is 6.70. The molecule has 0 radical (unpaired) electrons. The Morgan fingerprint density at radius 1 is 0.965 bits per heavy atom. The Morgan fingerprint density at radius 2 is 1.74 bits per heavy atom. The molecule has 3 aromatic carbocycles. The van der Waals surface area contributed by atoms with E-state index in [2.05, 4.69) is 15.8 Å². The Hall–Kier alpha value is -4.74. The smallest absolute Gasteiger partial charge is 0.319 e. The van der Waals surface area contributed by atoms with Crippen LogP contribution in [0.15, 0.2) is 36.4 Å². The number of methoxy groups -OCH3 is 1. The number of rotatable bonds is 9. The van der Waals surface area contributed by atoms with Crippen LogP contribution in [0.1, 0.15) is 63.4 Å². The zero-order valence-electron chi connectivity index (χ0n) is 31.7. The summed E-state index contributed by atoms with van der Waals surface area (Å²) in [5.41, 5.74) is -0.186. The standard InChI is InChI=1S/C43H44F5N5O4/c1-3-31-35(45)10-5-26-17-30(57-24-55-2)18-34(36(26)31)32-8-9-33-38(37(32)46)49-41(56-23-42-13-4-16-52(42)20-27(44)19-42)50-39(33)51-21-28-6-7-29(22-51)53(28)40(54)25-11-14-43(47,48)15-12-25/h1,5,8-10,17-18,25,27-29H,4,6-7,11-16,19-24H2,2H3/t27-,28?,29?,42+/m1/s1.